The van der Waals surface area contributed by atoms with E-state index in [2.05, 4.69) is 0 Å². The maximum Gasteiger partial charge on any atom is 0.416 e. The molecule has 2 aromatic rings. The molecular formula is C16H11F4NOS. The highest BCUT2D eigenvalue weighted by atomic mass is 32.2. The Balaban J connectivity index is 2.05. The van der Waals surface area contributed by atoms with E-state index < -0.39 is 22.9 Å². The first-order valence-electron chi connectivity index (χ1n) is 6.73. The summed E-state index contributed by atoms with van der Waals surface area (Å²) in [5.41, 5.74) is -0.358. The van der Waals surface area contributed by atoms with Gasteiger partial charge in [0.2, 0.25) is 5.91 Å². The number of benzene rings is 2. The molecule has 1 amide bonds. The minimum atomic E-state index is -4.50. The van der Waals surface area contributed by atoms with Gasteiger partial charge in [-0.05, 0) is 35.9 Å². The molecule has 1 atom stereocenters. The Morgan fingerprint density at radius 2 is 1.70 bits per heavy atom. The first kappa shape index (κ1) is 15.9. The van der Waals surface area contributed by atoms with Gasteiger partial charge in [0.25, 0.3) is 0 Å². The molecular weight excluding hydrogens is 330 g/mol. The van der Waals surface area contributed by atoms with Gasteiger partial charge in [0.1, 0.15) is 11.2 Å². The molecule has 0 aliphatic carbocycles. The molecule has 1 aliphatic heterocycles. The summed E-state index contributed by atoms with van der Waals surface area (Å²) in [4.78, 5) is 13.4. The van der Waals surface area contributed by atoms with Gasteiger partial charge >= 0.3 is 6.18 Å². The molecule has 2 aromatic carbocycles. The summed E-state index contributed by atoms with van der Waals surface area (Å²) >= 11 is 1.12. The van der Waals surface area contributed by atoms with Crippen molar-refractivity contribution in [3.8, 4) is 0 Å². The summed E-state index contributed by atoms with van der Waals surface area (Å²) in [6.07, 6.45) is -4.50. The fourth-order valence-corrected chi connectivity index (χ4v) is 3.72. The third-order valence-corrected chi connectivity index (χ3v) is 4.70. The Labute approximate surface area is 134 Å². The molecule has 1 heterocycles. The second kappa shape index (κ2) is 5.88. The van der Waals surface area contributed by atoms with Crippen molar-refractivity contribution in [2.75, 3.05) is 10.7 Å². The van der Waals surface area contributed by atoms with Crippen LogP contribution in [-0.2, 0) is 11.0 Å². The van der Waals surface area contributed by atoms with Crippen molar-refractivity contribution in [1.82, 2.24) is 0 Å². The summed E-state index contributed by atoms with van der Waals surface area (Å²) in [5, 5.41) is -0.786. The van der Waals surface area contributed by atoms with E-state index in [0.29, 0.717) is 5.69 Å². The van der Waals surface area contributed by atoms with Gasteiger partial charge in [0, 0.05) is 5.69 Å². The van der Waals surface area contributed by atoms with Gasteiger partial charge in [0.15, 0.2) is 0 Å². The van der Waals surface area contributed by atoms with Crippen LogP contribution in [0, 0.1) is 5.82 Å². The topological polar surface area (TPSA) is 20.3 Å². The Bertz CT molecular complexity index is 730. The third kappa shape index (κ3) is 3.06. The molecule has 7 heteroatoms. The number of alkyl halides is 3. The van der Waals surface area contributed by atoms with Gasteiger partial charge < -0.3 is 0 Å². The number of thioether (sulfide) groups is 1. The van der Waals surface area contributed by atoms with Crippen molar-refractivity contribution in [3.05, 3.63) is 65.5 Å². The zero-order valence-corrected chi connectivity index (χ0v) is 12.5. The fourth-order valence-electron chi connectivity index (χ4n) is 2.51. The van der Waals surface area contributed by atoms with Crippen molar-refractivity contribution < 1.29 is 22.4 Å². The number of halogens is 4. The second-order valence-corrected chi connectivity index (χ2v) is 6.06. The average Bonchev–Trinajstić information content (AvgIpc) is 2.89. The third-order valence-electron chi connectivity index (χ3n) is 3.50. The molecule has 1 saturated heterocycles. The number of nitrogens with zero attached hydrogens (tertiary/aromatic N) is 1. The van der Waals surface area contributed by atoms with Gasteiger partial charge in [-0.2, -0.15) is 13.2 Å². The summed E-state index contributed by atoms with van der Waals surface area (Å²) in [5.74, 6) is -0.697. The molecule has 0 aromatic heterocycles. The quantitative estimate of drug-likeness (QED) is 0.743. The Morgan fingerprint density at radius 1 is 1.04 bits per heavy atom. The van der Waals surface area contributed by atoms with Crippen LogP contribution in [0.15, 0.2) is 48.5 Å². The normalized spacial score (nSPS) is 18.5. The minimum absolute atomic E-state index is 0.0279. The first-order chi connectivity index (χ1) is 10.9. The number of amides is 1. The highest BCUT2D eigenvalue weighted by Gasteiger charge is 2.40. The highest BCUT2D eigenvalue weighted by Crippen LogP contribution is 2.45. The van der Waals surface area contributed by atoms with Crippen LogP contribution in [0.25, 0.3) is 0 Å². The van der Waals surface area contributed by atoms with Crippen LogP contribution in [0.2, 0.25) is 0 Å². The van der Waals surface area contributed by atoms with Crippen molar-refractivity contribution in [1.29, 1.82) is 0 Å². The van der Waals surface area contributed by atoms with Crippen LogP contribution >= 0.6 is 11.8 Å². The van der Waals surface area contributed by atoms with Gasteiger partial charge in [-0.1, -0.05) is 18.2 Å². The van der Waals surface area contributed by atoms with E-state index in [1.54, 1.807) is 0 Å². The summed E-state index contributed by atoms with van der Waals surface area (Å²) in [7, 11) is 0. The molecule has 0 radical (unpaired) electrons. The van der Waals surface area contributed by atoms with Crippen LogP contribution in [-0.4, -0.2) is 11.7 Å². The number of rotatable bonds is 2. The Kier molecular flexibility index (Phi) is 4.06. The van der Waals surface area contributed by atoms with Crippen molar-refractivity contribution in [2.45, 2.75) is 11.6 Å². The Morgan fingerprint density at radius 3 is 2.35 bits per heavy atom. The lowest BCUT2D eigenvalue weighted by molar-refractivity contribution is -0.138. The van der Waals surface area contributed by atoms with Gasteiger partial charge in [-0.15, -0.1) is 11.8 Å². The van der Waals surface area contributed by atoms with E-state index in [1.807, 2.05) is 0 Å². The monoisotopic (exact) mass is 341 g/mol. The molecule has 120 valence electrons. The molecule has 0 spiro atoms. The summed E-state index contributed by atoms with van der Waals surface area (Å²) in [6, 6.07) is 10.3. The molecule has 1 fully saturated rings. The molecule has 0 bridgehead atoms. The van der Waals surface area contributed by atoms with Crippen LogP contribution < -0.4 is 4.90 Å². The fraction of sp³-hybridized carbons (Fsp3) is 0.188. The summed E-state index contributed by atoms with van der Waals surface area (Å²) in [6.45, 7) is 0. The molecule has 0 N–H and O–H groups in total. The number of hydrogen-bond acceptors (Lipinski definition) is 2. The number of carbonyl (C=O) groups is 1. The van der Waals surface area contributed by atoms with E-state index in [-0.39, 0.29) is 17.2 Å². The summed E-state index contributed by atoms with van der Waals surface area (Å²) < 4.78 is 52.7. The van der Waals surface area contributed by atoms with Crippen molar-refractivity contribution in [3.63, 3.8) is 0 Å². The first-order valence-corrected chi connectivity index (χ1v) is 7.78. The molecule has 2 nitrogen and oxygen atoms in total. The largest absolute Gasteiger partial charge is 0.416 e. The van der Waals surface area contributed by atoms with Crippen LogP contribution in [0.1, 0.15) is 16.5 Å². The second-order valence-electron chi connectivity index (χ2n) is 4.99. The highest BCUT2D eigenvalue weighted by molar-refractivity contribution is 8.00. The van der Waals surface area contributed by atoms with Crippen LogP contribution in [0.5, 0.6) is 0 Å². The maximum absolute atomic E-state index is 13.2. The van der Waals surface area contributed by atoms with E-state index in [9.17, 15) is 22.4 Å². The van der Waals surface area contributed by atoms with Crippen molar-refractivity contribution >= 4 is 23.4 Å². The number of hydrogen-bond donors (Lipinski definition) is 0. The SMILES string of the molecule is O=C1CSC(c2ccccc2C(F)(F)F)N1c1ccc(F)cc1. The van der Waals surface area contributed by atoms with Crippen LogP contribution in [0.3, 0.4) is 0 Å². The van der Waals surface area contributed by atoms with E-state index in [4.69, 9.17) is 0 Å². The Hall–Kier alpha value is -2.02. The smallest absolute Gasteiger partial charge is 0.295 e. The van der Waals surface area contributed by atoms with E-state index >= 15 is 0 Å². The van der Waals surface area contributed by atoms with Gasteiger partial charge in [-0.25, -0.2) is 4.39 Å². The molecule has 1 aliphatic rings. The maximum atomic E-state index is 13.2. The lowest BCUT2D eigenvalue weighted by Crippen LogP contribution is -2.29. The lowest BCUT2D eigenvalue weighted by atomic mass is 10.1. The molecule has 0 saturated carbocycles. The zero-order valence-electron chi connectivity index (χ0n) is 11.7. The average molecular weight is 341 g/mol. The molecule has 1 unspecified atom stereocenters. The number of carbonyl (C=O) groups excluding carboxylic acids is 1. The van der Waals surface area contributed by atoms with E-state index in [0.717, 1.165) is 17.8 Å². The molecule has 23 heavy (non-hydrogen) atoms. The number of anilines is 1. The minimum Gasteiger partial charge on any atom is -0.295 e. The standard InChI is InChI=1S/C16H11F4NOS/c17-10-5-7-11(8-6-10)21-14(22)9-23-15(21)12-3-1-2-4-13(12)16(18,19)20/h1-8,15H,9H2. The van der Waals surface area contributed by atoms with Gasteiger partial charge in [0.05, 0.1) is 11.3 Å². The predicted octanol–water partition coefficient (Wildman–Crippen LogP) is 4.62. The lowest BCUT2D eigenvalue weighted by Gasteiger charge is -2.26. The van der Waals surface area contributed by atoms with Gasteiger partial charge in [-0.3, -0.25) is 9.69 Å². The van der Waals surface area contributed by atoms with E-state index in [1.165, 1.54) is 47.4 Å². The predicted molar refractivity (Wildman–Crippen MR) is 80.5 cm³/mol. The zero-order chi connectivity index (χ0) is 16.6. The van der Waals surface area contributed by atoms with Crippen molar-refractivity contribution in [2.24, 2.45) is 0 Å². The van der Waals surface area contributed by atoms with Crippen LogP contribution in [0.4, 0.5) is 23.2 Å². The molecule has 3 rings (SSSR count).